The molecule has 0 aromatic rings. The molecule has 1 heterocycles. The molecule has 2 aliphatic rings. The lowest BCUT2D eigenvalue weighted by Gasteiger charge is -2.54. The van der Waals surface area contributed by atoms with Crippen molar-refractivity contribution in [1.82, 2.24) is 10.6 Å². The fraction of sp³-hybridized carbons (Fsp3) is 0.944. The first kappa shape index (κ1) is 18.5. The largest absolute Gasteiger partial charge is 0.396 e. The number of fused-ring (bicyclic) bond motifs is 1. The van der Waals surface area contributed by atoms with Crippen LogP contribution in [0.2, 0.25) is 0 Å². The van der Waals surface area contributed by atoms with Crippen molar-refractivity contribution in [3.63, 3.8) is 0 Å². The number of aliphatic hydroxyl groups is 1. The molecule has 1 aliphatic carbocycles. The minimum atomic E-state index is 0.158. The Labute approximate surface area is 141 Å². The normalized spacial score (nSPS) is 30.5. The van der Waals surface area contributed by atoms with Gasteiger partial charge in [0.1, 0.15) is 0 Å². The Kier molecular flexibility index (Phi) is 6.72. The van der Waals surface area contributed by atoms with Crippen molar-refractivity contribution < 1.29 is 9.84 Å². The van der Waals surface area contributed by atoms with E-state index in [0.717, 1.165) is 51.3 Å². The first-order valence-electron chi connectivity index (χ1n) is 9.31. The van der Waals surface area contributed by atoms with Gasteiger partial charge in [-0.05, 0) is 32.1 Å². The molecule has 1 saturated heterocycles. The molecule has 1 aliphatic heterocycles. The number of rotatable bonds is 8. The molecular formula is C18H35N3O2. The van der Waals surface area contributed by atoms with Gasteiger partial charge in [-0.3, -0.25) is 4.99 Å². The molecule has 23 heavy (non-hydrogen) atoms. The number of ether oxygens (including phenoxy) is 1. The molecule has 2 rings (SSSR count). The van der Waals surface area contributed by atoms with Crippen LogP contribution in [0.15, 0.2) is 4.99 Å². The monoisotopic (exact) mass is 325 g/mol. The summed E-state index contributed by atoms with van der Waals surface area (Å²) in [5, 5.41) is 16.2. The second kappa shape index (κ2) is 8.34. The van der Waals surface area contributed by atoms with E-state index >= 15 is 0 Å². The SMILES string of the molecule is CCCC(CCO)CN=C(NCC)NC1C2CCOC2C1(C)C. The van der Waals surface area contributed by atoms with Crippen LogP contribution in [-0.2, 0) is 4.74 Å². The Morgan fingerprint density at radius 1 is 1.35 bits per heavy atom. The van der Waals surface area contributed by atoms with E-state index in [4.69, 9.17) is 9.73 Å². The summed E-state index contributed by atoms with van der Waals surface area (Å²) in [5.74, 6) is 1.99. The molecule has 0 radical (unpaired) electrons. The molecule has 2 fully saturated rings. The molecule has 0 amide bonds. The molecule has 5 nitrogen and oxygen atoms in total. The Morgan fingerprint density at radius 2 is 2.13 bits per heavy atom. The van der Waals surface area contributed by atoms with Gasteiger partial charge in [-0.2, -0.15) is 0 Å². The second-order valence-electron chi connectivity index (χ2n) is 7.57. The van der Waals surface area contributed by atoms with E-state index in [9.17, 15) is 5.11 Å². The molecule has 0 aromatic carbocycles. The first-order valence-corrected chi connectivity index (χ1v) is 9.31. The topological polar surface area (TPSA) is 65.9 Å². The van der Waals surface area contributed by atoms with Crippen LogP contribution in [0.1, 0.15) is 53.4 Å². The first-order chi connectivity index (χ1) is 11.0. The zero-order valence-corrected chi connectivity index (χ0v) is 15.3. The van der Waals surface area contributed by atoms with Crippen molar-refractivity contribution in [2.24, 2.45) is 22.2 Å². The van der Waals surface area contributed by atoms with Gasteiger partial charge in [-0.25, -0.2) is 0 Å². The van der Waals surface area contributed by atoms with Gasteiger partial charge in [-0.15, -0.1) is 0 Å². The molecule has 4 atom stereocenters. The van der Waals surface area contributed by atoms with Gasteiger partial charge in [0, 0.05) is 43.7 Å². The fourth-order valence-corrected chi connectivity index (χ4v) is 4.22. The maximum absolute atomic E-state index is 9.20. The van der Waals surface area contributed by atoms with E-state index in [1.807, 2.05) is 0 Å². The zero-order valence-electron chi connectivity index (χ0n) is 15.3. The minimum Gasteiger partial charge on any atom is -0.396 e. The Hall–Kier alpha value is -0.810. The van der Waals surface area contributed by atoms with Gasteiger partial charge in [0.15, 0.2) is 5.96 Å². The van der Waals surface area contributed by atoms with Gasteiger partial charge in [-0.1, -0.05) is 27.2 Å². The average molecular weight is 325 g/mol. The highest BCUT2D eigenvalue weighted by Gasteiger charge is 2.59. The molecule has 5 heteroatoms. The molecule has 134 valence electrons. The predicted octanol–water partition coefficient (Wildman–Crippen LogP) is 2.15. The van der Waals surface area contributed by atoms with Gasteiger partial charge in [0.2, 0.25) is 0 Å². The van der Waals surface area contributed by atoms with E-state index in [1.165, 1.54) is 0 Å². The van der Waals surface area contributed by atoms with Crippen LogP contribution in [-0.4, -0.2) is 49.5 Å². The number of aliphatic hydroxyl groups excluding tert-OH is 1. The Balaban J connectivity index is 1.96. The van der Waals surface area contributed by atoms with Gasteiger partial charge in [0.25, 0.3) is 0 Å². The minimum absolute atomic E-state index is 0.158. The van der Waals surface area contributed by atoms with Crippen molar-refractivity contribution >= 4 is 5.96 Å². The summed E-state index contributed by atoms with van der Waals surface area (Å²) < 4.78 is 5.87. The Bertz CT molecular complexity index is 392. The summed E-state index contributed by atoms with van der Waals surface area (Å²) in [6.07, 6.45) is 4.64. The quantitative estimate of drug-likeness (QED) is 0.473. The van der Waals surface area contributed by atoms with Crippen LogP contribution in [0.4, 0.5) is 0 Å². The standard InChI is InChI=1S/C18H35N3O2/c1-5-7-13(8-10-22)12-20-17(19-6-2)21-15-14-9-11-23-16(14)18(15,3)4/h13-16,22H,5-12H2,1-4H3,(H2,19,20,21). The number of hydrogen-bond donors (Lipinski definition) is 3. The van der Waals surface area contributed by atoms with E-state index in [-0.39, 0.29) is 12.0 Å². The van der Waals surface area contributed by atoms with Crippen LogP contribution < -0.4 is 10.6 Å². The van der Waals surface area contributed by atoms with Crippen molar-refractivity contribution in [3.8, 4) is 0 Å². The maximum Gasteiger partial charge on any atom is 0.191 e. The van der Waals surface area contributed by atoms with Gasteiger partial charge < -0.3 is 20.5 Å². The number of nitrogens with zero attached hydrogens (tertiary/aromatic N) is 1. The summed E-state index contributed by atoms with van der Waals surface area (Å²) >= 11 is 0. The summed E-state index contributed by atoms with van der Waals surface area (Å²) in [4.78, 5) is 4.80. The van der Waals surface area contributed by atoms with E-state index in [0.29, 0.717) is 24.0 Å². The molecule has 0 spiro atoms. The van der Waals surface area contributed by atoms with Crippen LogP contribution in [0, 0.1) is 17.3 Å². The van der Waals surface area contributed by atoms with Crippen molar-refractivity contribution in [1.29, 1.82) is 0 Å². The maximum atomic E-state index is 9.20. The van der Waals surface area contributed by atoms with Crippen LogP contribution >= 0.6 is 0 Å². The highest BCUT2D eigenvalue weighted by Crippen LogP contribution is 2.52. The average Bonchev–Trinajstić information content (AvgIpc) is 2.97. The summed E-state index contributed by atoms with van der Waals surface area (Å²) in [5.41, 5.74) is 0.158. The second-order valence-corrected chi connectivity index (χ2v) is 7.57. The lowest BCUT2D eigenvalue weighted by Crippen LogP contribution is -2.68. The lowest BCUT2D eigenvalue weighted by atomic mass is 9.57. The smallest absolute Gasteiger partial charge is 0.191 e. The third-order valence-corrected chi connectivity index (χ3v) is 5.48. The molecule has 0 aromatic heterocycles. The number of aliphatic imine (C=N–C) groups is 1. The summed E-state index contributed by atoms with van der Waals surface area (Å²) in [6, 6.07) is 0.426. The lowest BCUT2D eigenvalue weighted by molar-refractivity contribution is -0.106. The molecule has 0 bridgehead atoms. The highest BCUT2D eigenvalue weighted by molar-refractivity contribution is 5.80. The summed E-state index contributed by atoms with van der Waals surface area (Å²) in [7, 11) is 0. The highest BCUT2D eigenvalue weighted by atomic mass is 16.5. The van der Waals surface area contributed by atoms with Gasteiger partial charge in [0.05, 0.1) is 6.10 Å². The molecule has 4 unspecified atom stereocenters. The predicted molar refractivity (Wildman–Crippen MR) is 94.6 cm³/mol. The van der Waals surface area contributed by atoms with E-state index in [1.54, 1.807) is 0 Å². The number of hydrogen-bond acceptors (Lipinski definition) is 3. The third kappa shape index (κ3) is 4.18. The van der Waals surface area contributed by atoms with E-state index < -0.39 is 0 Å². The number of guanidine groups is 1. The van der Waals surface area contributed by atoms with Gasteiger partial charge >= 0.3 is 0 Å². The molecular weight excluding hydrogens is 290 g/mol. The summed E-state index contributed by atoms with van der Waals surface area (Å²) in [6.45, 7) is 11.6. The van der Waals surface area contributed by atoms with Crippen molar-refractivity contribution in [3.05, 3.63) is 0 Å². The number of nitrogens with one attached hydrogen (secondary N) is 2. The van der Waals surface area contributed by atoms with Crippen molar-refractivity contribution in [2.75, 3.05) is 26.3 Å². The van der Waals surface area contributed by atoms with Crippen LogP contribution in [0.5, 0.6) is 0 Å². The van der Waals surface area contributed by atoms with Crippen LogP contribution in [0.25, 0.3) is 0 Å². The van der Waals surface area contributed by atoms with Crippen molar-refractivity contribution in [2.45, 2.75) is 65.5 Å². The molecule has 1 saturated carbocycles. The Morgan fingerprint density at radius 3 is 2.78 bits per heavy atom. The van der Waals surface area contributed by atoms with Crippen LogP contribution in [0.3, 0.4) is 0 Å². The molecule has 3 N–H and O–H groups in total. The third-order valence-electron chi connectivity index (χ3n) is 5.48. The zero-order chi connectivity index (χ0) is 16.9. The van der Waals surface area contributed by atoms with E-state index in [2.05, 4.69) is 38.3 Å². The fourth-order valence-electron chi connectivity index (χ4n) is 4.22.